The summed E-state index contributed by atoms with van der Waals surface area (Å²) >= 11 is 0. The van der Waals surface area contributed by atoms with Crippen molar-refractivity contribution < 1.29 is 4.42 Å². The number of rotatable bonds is 2. The molecule has 0 saturated carbocycles. The Morgan fingerprint density at radius 1 is 1.26 bits per heavy atom. The SMILES string of the molecule is Cc1ccc2nc(N)n(C(C)c3ncc(C)o3)c2n1. The fourth-order valence-corrected chi connectivity index (χ4v) is 2.14. The highest BCUT2D eigenvalue weighted by Gasteiger charge is 2.20. The maximum Gasteiger partial charge on any atom is 0.217 e. The van der Waals surface area contributed by atoms with Crippen LogP contribution in [0.5, 0.6) is 0 Å². The summed E-state index contributed by atoms with van der Waals surface area (Å²) in [5, 5.41) is 0. The fraction of sp³-hybridized carbons (Fsp3) is 0.308. The third kappa shape index (κ3) is 1.85. The number of oxazole rings is 1. The summed E-state index contributed by atoms with van der Waals surface area (Å²) < 4.78 is 7.40. The minimum absolute atomic E-state index is 0.145. The van der Waals surface area contributed by atoms with Crippen molar-refractivity contribution in [1.29, 1.82) is 0 Å². The van der Waals surface area contributed by atoms with Crippen LogP contribution in [0.4, 0.5) is 5.95 Å². The van der Waals surface area contributed by atoms with Gasteiger partial charge in [-0.15, -0.1) is 0 Å². The van der Waals surface area contributed by atoms with E-state index in [-0.39, 0.29) is 6.04 Å². The number of hydrogen-bond acceptors (Lipinski definition) is 5. The number of pyridine rings is 1. The molecule has 0 amide bonds. The minimum atomic E-state index is -0.145. The number of nitrogens with two attached hydrogens (primary N) is 1. The van der Waals surface area contributed by atoms with Gasteiger partial charge in [-0.3, -0.25) is 4.57 Å². The normalized spacial score (nSPS) is 13.0. The number of hydrogen-bond donors (Lipinski definition) is 1. The van der Waals surface area contributed by atoms with Crippen molar-refractivity contribution in [3.63, 3.8) is 0 Å². The Balaban J connectivity index is 2.18. The molecule has 0 aromatic carbocycles. The molecule has 0 fully saturated rings. The maximum atomic E-state index is 5.99. The van der Waals surface area contributed by atoms with E-state index >= 15 is 0 Å². The van der Waals surface area contributed by atoms with Gasteiger partial charge in [0, 0.05) is 5.69 Å². The number of imidazole rings is 1. The van der Waals surface area contributed by atoms with Crippen LogP contribution in [-0.2, 0) is 0 Å². The molecule has 98 valence electrons. The Bertz CT molecular complexity index is 743. The van der Waals surface area contributed by atoms with E-state index in [2.05, 4.69) is 15.0 Å². The van der Waals surface area contributed by atoms with Crippen LogP contribution in [0.15, 0.2) is 22.7 Å². The molecule has 0 aliphatic rings. The lowest BCUT2D eigenvalue weighted by atomic mass is 10.3. The smallest absolute Gasteiger partial charge is 0.217 e. The van der Waals surface area contributed by atoms with Gasteiger partial charge in [0.15, 0.2) is 5.65 Å². The average molecular weight is 257 g/mol. The van der Waals surface area contributed by atoms with Crippen LogP contribution in [0.25, 0.3) is 11.2 Å². The first-order valence-corrected chi connectivity index (χ1v) is 6.09. The van der Waals surface area contributed by atoms with Gasteiger partial charge in [-0.2, -0.15) is 0 Å². The molecule has 1 atom stereocenters. The Hall–Kier alpha value is -2.37. The van der Waals surface area contributed by atoms with Gasteiger partial charge in [0.25, 0.3) is 0 Å². The summed E-state index contributed by atoms with van der Waals surface area (Å²) in [5.74, 6) is 1.79. The summed E-state index contributed by atoms with van der Waals surface area (Å²) in [6, 6.07) is 3.69. The predicted molar refractivity (Wildman–Crippen MR) is 71.7 cm³/mol. The number of nitrogens with zero attached hydrogens (tertiary/aromatic N) is 4. The van der Waals surface area contributed by atoms with Gasteiger partial charge >= 0.3 is 0 Å². The van der Waals surface area contributed by atoms with Crippen LogP contribution in [-0.4, -0.2) is 19.5 Å². The van der Waals surface area contributed by atoms with Crippen molar-refractivity contribution in [2.75, 3.05) is 5.73 Å². The van der Waals surface area contributed by atoms with E-state index in [0.29, 0.717) is 11.8 Å². The highest BCUT2D eigenvalue weighted by Crippen LogP contribution is 2.26. The first kappa shape index (κ1) is 11.7. The van der Waals surface area contributed by atoms with Gasteiger partial charge in [0.05, 0.1) is 6.20 Å². The average Bonchev–Trinajstić information content (AvgIpc) is 2.91. The second-order valence-electron chi connectivity index (χ2n) is 4.62. The Morgan fingerprint density at radius 2 is 2.05 bits per heavy atom. The molecule has 0 aliphatic carbocycles. The molecule has 3 aromatic heterocycles. The standard InChI is InChI=1S/C13H15N5O/c1-7-4-5-10-11(16-7)18(13(14)17-10)9(3)12-15-6-8(2)19-12/h4-6,9H,1-3H3,(H2,14,17). The summed E-state index contributed by atoms with van der Waals surface area (Å²) in [4.78, 5) is 13.1. The number of anilines is 1. The van der Waals surface area contributed by atoms with Crippen LogP contribution < -0.4 is 5.73 Å². The van der Waals surface area contributed by atoms with E-state index in [0.717, 1.165) is 22.6 Å². The largest absolute Gasteiger partial charge is 0.444 e. The van der Waals surface area contributed by atoms with Gasteiger partial charge in [0.2, 0.25) is 11.8 Å². The van der Waals surface area contributed by atoms with Gasteiger partial charge in [-0.25, -0.2) is 15.0 Å². The van der Waals surface area contributed by atoms with Crippen LogP contribution in [0, 0.1) is 13.8 Å². The monoisotopic (exact) mass is 257 g/mol. The van der Waals surface area contributed by atoms with E-state index in [1.807, 2.05) is 37.5 Å². The lowest BCUT2D eigenvalue weighted by Gasteiger charge is -2.11. The third-order valence-electron chi connectivity index (χ3n) is 3.09. The number of fused-ring (bicyclic) bond motifs is 1. The second-order valence-corrected chi connectivity index (χ2v) is 4.62. The van der Waals surface area contributed by atoms with Crippen molar-refractivity contribution >= 4 is 17.1 Å². The molecule has 6 heteroatoms. The predicted octanol–water partition coefficient (Wildman–Crippen LogP) is 2.23. The number of aromatic nitrogens is 4. The second kappa shape index (κ2) is 4.08. The van der Waals surface area contributed by atoms with E-state index in [9.17, 15) is 0 Å². The van der Waals surface area contributed by atoms with Crippen molar-refractivity contribution in [2.45, 2.75) is 26.8 Å². The summed E-state index contributed by atoms with van der Waals surface area (Å²) in [6.45, 7) is 5.76. The van der Waals surface area contributed by atoms with Crippen molar-refractivity contribution in [3.8, 4) is 0 Å². The number of nitrogen functional groups attached to an aromatic ring is 1. The maximum absolute atomic E-state index is 5.99. The molecule has 2 N–H and O–H groups in total. The minimum Gasteiger partial charge on any atom is -0.444 e. The van der Waals surface area contributed by atoms with Crippen LogP contribution in [0.2, 0.25) is 0 Å². The van der Waals surface area contributed by atoms with E-state index in [1.165, 1.54) is 0 Å². The van der Waals surface area contributed by atoms with Crippen molar-refractivity contribution in [2.24, 2.45) is 0 Å². The topological polar surface area (TPSA) is 82.8 Å². The van der Waals surface area contributed by atoms with Crippen LogP contribution in [0.3, 0.4) is 0 Å². The van der Waals surface area contributed by atoms with E-state index in [1.54, 1.807) is 6.20 Å². The molecule has 0 aliphatic heterocycles. The summed E-state index contributed by atoms with van der Waals surface area (Å²) in [6.07, 6.45) is 1.69. The zero-order valence-electron chi connectivity index (χ0n) is 11.1. The highest BCUT2D eigenvalue weighted by molar-refractivity contribution is 5.74. The summed E-state index contributed by atoms with van der Waals surface area (Å²) in [5.41, 5.74) is 8.44. The van der Waals surface area contributed by atoms with Crippen molar-refractivity contribution in [3.05, 3.63) is 35.7 Å². The fourth-order valence-electron chi connectivity index (χ4n) is 2.14. The zero-order valence-corrected chi connectivity index (χ0v) is 11.1. The van der Waals surface area contributed by atoms with E-state index < -0.39 is 0 Å². The van der Waals surface area contributed by atoms with Gasteiger partial charge in [-0.05, 0) is 32.9 Å². The van der Waals surface area contributed by atoms with Gasteiger partial charge < -0.3 is 10.2 Å². The summed E-state index contributed by atoms with van der Waals surface area (Å²) in [7, 11) is 0. The van der Waals surface area contributed by atoms with Crippen molar-refractivity contribution in [1.82, 2.24) is 19.5 Å². The number of aryl methyl sites for hydroxylation is 2. The quantitative estimate of drug-likeness (QED) is 0.761. The Kier molecular flexibility index (Phi) is 2.51. The molecule has 0 saturated heterocycles. The third-order valence-corrected chi connectivity index (χ3v) is 3.09. The lowest BCUT2D eigenvalue weighted by molar-refractivity contribution is 0.420. The Morgan fingerprint density at radius 3 is 2.74 bits per heavy atom. The molecule has 0 radical (unpaired) electrons. The first-order valence-electron chi connectivity index (χ1n) is 6.09. The van der Waals surface area contributed by atoms with Gasteiger partial charge in [0.1, 0.15) is 17.3 Å². The molecule has 3 aromatic rings. The lowest BCUT2D eigenvalue weighted by Crippen LogP contribution is -2.11. The first-order chi connectivity index (χ1) is 9.06. The van der Waals surface area contributed by atoms with E-state index in [4.69, 9.17) is 10.2 Å². The molecule has 3 rings (SSSR count). The van der Waals surface area contributed by atoms with Gasteiger partial charge in [-0.1, -0.05) is 0 Å². The highest BCUT2D eigenvalue weighted by atomic mass is 16.4. The molecule has 0 spiro atoms. The molecule has 19 heavy (non-hydrogen) atoms. The molecule has 6 nitrogen and oxygen atoms in total. The Labute approximate surface area is 110 Å². The van der Waals surface area contributed by atoms with Crippen LogP contribution >= 0.6 is 0 Å². The molecule has 3 heterocycles. The molecular formula is C13H15N5O. The molecule has 0 bridgehead atoms. The van der Waals surface area contributed by atoms with Crippen LogP contribution in [0.1, 0.15) is 30.3 Å². The molecular weight excluding hydrogens is 242 g/mol. The zero-order chi connectivity index (χ0) is 13.6. The molecule has 1 unspecified atom stereocenters.